The SMILES string of the molecule is CCCc1nsc2cc(Nc3[nH]nc4nccnc34)ccc12. The van der Waals surface area contributed by atoms with Gasteiger partial charge in [0.15, 0.2) is 11.3 Å². The largest absolute Gasteiger partial charge is 0.339 e. The van der Waals surface area contributed by atoms with E-state index in [1.54, 1.807) is 23.9 Å². The number of hydrogen-bond acceptors (Lipinski definition) is 6. The molecule has 0 spiro atoms. The normalized spacial score (nSPS) is 11.3. The molecule has 1 aromatic carbocycles. The summed E-state index contributed by atoms with van der Waals surface area (Å²) in [4.78, 5) is 8.46. The zero-order valence-electron chi connectivity index (χ0n) is 12.0. The first-order valence-corrected chi connectivity index (χ1v) is 7.93. The molecule has 2 N–H and O–H groups in total. The van der Waals surface area contributed by atoms with Crippen molar-refractivity contribution in [2.75, 3.05) is 5.32 Å². The van der Waals surface area contributed by atoms with Gasteiger partial charge in [-0.3, -0.25) is 5.10 Å². The second-order valence-electron chi connectivity index (χ2n) is 5.04. The Morgan fingerprint density at radius 2 is 2.14 bits per heavy atom. The van der Waals surface area contributed by atoms with Gasteiger partial charge in [-0.15, -0.1) is 0 Å². The third-order valence-electron chi connectivity index (χ3n) is 3.49. The van der Waals surface area contributed by atoms with Crippen molar-refractivity contribution in [1.29, 1.82) is 0 Å². The molecule has 0 saturated carbocycles. The quantitative estimate of drug-likeness (QED) is 0.601. The molecule has 22 heavy (non-hydrogen) atoms. The molecular weight excluding hydrogens is 296 g/mol. The fourth-order valence-electron chi connectivity index (χ4n) is 2.47. The van der Waals surface area contributed by atoms with Crippen LogP contribution in [0.3, 0.4) is 0 Å². The van der Waals surface area contributed by atoms with Crippen molar-refractivity contribution < 1.29 is 0 Å². The van der Waals surface area contributed by atoms with Crippen LogP contribution in [0.4, 0.5) is 11.5 Å². The van der Waals surface area contributed by atoms with E-state index in [9.17, 15) is 0 Å². The summed E-state index contributed by atoms with van der Waals surface area (Å²) in [5, 5.41) is 11.6. The molecule has 0 bridgehead atoms. The first-order valence-electron chi connectivity index (χ1n) is 7.15. The molecular formula is C15H14N6S. The number of anilines is 2. The van der Waals surface area contributed by atoms with Gasteiger partial charge >= 0.3 is 0 Å². The predicted octanol–water partition coefficient (Wildman–Crippen LogP) is 3.66. The lowest BCUT2D eigenvalue weighted by Crippen LogP contribution is -1.92. The number of hydrogen-bond donors (Lipinski definition) is 2. The average molecular weight is 310 g/mol. The topological polar surface area (TPSA) is 79.4 Å². The molecule has 0 saturated heterocycles. The molecule has 0 aliphatic carbocycles. The van der Waals surface area contributed by atoms with Gasteiger partial charge in [-0.05, 0) is 36.2 Å². The summed E-state index contributed by atoms with van der Waals surface area (Å²) in [6.07, 6.45) is 5.42. The van der Waals surface area contributed by atoms with Crippen LogP contribution in [0.25, 0.3) is 21.3 Å². The summed E-state index contributed by atoms with van der Waals surface area (Å²) in [5.41, 5.74) is 3.51. The molecule has 3 heterocycles. The number of H-pyrrole nitrogens is 1. The highest BCUT2D eigenvalue weighted by Crippen LogP contribution is 2.29. The summed E-state index contributed by atoms with van der Waals surface area (Å²) in [6, 6.07) is 6.28. The summed E-state index contributed by atoms with van der Waals surface area (Å²) in [6.45, 7) is 2.17. The van der Waals surface area contributed by atoms with Crippen LogP contribution in [-0.2, 0) is 6.42 Å². The molecule has 0 amide bonds. The van der Waals surface area contributed by atoms with E-state index in [1.807, 2.05) is 0 Å². The van der Waals surface area contributed by atoms with Crippen molar-refractivity contribution in [2.45, 2.75) is 19.8 Å². The van der Waals surface area contributed by atoms with Crippen LogP contribution >= 0.6 is 11.5 Å². The van der Waals surface area contributed by atoms with Gasteiger partial charge in [0.1, 0.15) is 0 Å². The highest BCUT2D eigenvalue weighted by Gasteiger charge is 2.09. The van der Waals surface area contributed by atoms with Gasteiger partial charge < -0.3 is 5.32 Å². The Morgan fingerprint density at radius 1 is 1.23 bits per heavy atom. The number of rotatable bonds is 4. The average Bonchev–Trinajstić information content (AvgIpc) is 3.13. The van der Waals surface area contributed by atoms with Crippen molar-refractivity contribution in [3.63, 3.8) is 0 Å². The van der Waals surface area contributed by atoms with E-state index < -0.39 is 0 Å². The molecule has 3 aromatic heterocycles. The zero-order chi connectivity index (χ0) is 14.9. The van der Waals surface area contributed by atoms with Crippen LogP contribution in [0.15, 0.2) is 30.6 Å². The van der Waals surface area contributed by atoms with E-state index in [2.05, 4.69) is 55.0 Å². The lowest BCUT2D eigenvalue weighted by atomic mass is 10.1. The van der Waals surface area contributed by atoms with Gasteiger partial charge in [0.25, 0.3) is 0 Å². The predicted molar refractivity (Wildman–Crippen MR) is 88.6 cm³/mol. The minimum absolute atomic E-state index is 0.606. The fraction of sp³-hybridized carbons (Fsp3) is 0.200. The van der Waals surface area contributed by atoms with Gasteiger partial charge in [-0.2, -0.15) is 9.47 Å². The molecule has 7 heteroatoms. The van der Waals surface area contributed by atoms with E-state index >= 15 is 0 Å². The Kier molecular flexibility index (Phi) is 3.19. The highest BCUT2D eigenvalue weighted by atomic mass is 32.1. The second-order valence-corrected chi connectivity index (χ2v) is 5.85. The van der Waals surface area contributed by atoms with Gasteiger partial charge in [-0.1, -0.05) is 13.3 Å². The molecule has 110 valence electrons. The van der Waals surface area contributed by atoms with Gasteiger partial charge in [0.2, 0.25) is 5.65 Å². The molecule has 0 atom stereocenters. The Bertz CT molecular complexity index is 941. The first-order chi connectivity index (χ1) is 10.8. The molecule has 0 unspecified atom stereocenters. The minimum atomic E-state index is 0.606. The third-order valence-corrected chi connectivity index (χ3v) is 4.34. The number of aromatic nitrogens is 5. The Hall–Kier alpha value is -2.54. The van der Waals surface area contributed by atoms with E-state index in [1.165, 1.54) is 15.8 Å². The number of benzene rings is 1. The lowest BCUT2D eigenvalue weighted by molar-refractivity contribution is 0.908. The van der Waals surface area contributed by atoms with Gasteiger partial charge in [-0.25, -0.2) is 9.97 Å². The molecule has 0 fully saturated rings. The minimum Gasteiger partial charge on any atom is -0.339 e. The van der Waals surface area contributed by atoms with Crippen LogP contribution in [0.2, 0.25) is 0 Å². The third kappa shape index (κ3) is 2.19. The molecule has 6 nitrogen and oxygen atoms in total. The summed E-state index contributed by atoms with van der Waals surface area (Å²) < 4.78 is 5.73. The van der Waals surface area contributed by atoms with E-state index in [-0.39, 0.29) is 0 Å². The summed E-state index contributed by atoms with van der Waals surface area (Å²) in [5.74, 6) is 0.751. The lowest BCUT2D eigenvalue weighted by Gasteiger charge is -2.04. The van der Waals surface area contributed by atoms with Gasteiger partial charge in [0.05, 0.1) is 10.4 Å². The van der Waals surface area contributed by atoms with Crippen LogP contribution in [-0.4, -0.2) is 24.5 Å². The molecule has 4 aromatic rings. The molecule has 0 aliphatic heterocycles. The first kappa shape index (κ1) is 13.1. The number of fused-ring (bicyclic) bond motifs is 2. The van der Waals surface area contributed by atoms with Gasteiger partial charge in [0, 0.05) is 23.5 Å². The molecule has 4 rings (SSSR count). The Morgan fingerprint density at radius 3 is 3.05 bits per heavy atom. The number of aryl methyl sites for hydroxylation is 1. The number of nitrogens with zero attached hydrogens (tertiary/aromatic N) is 4. The molecule has 0 radical (unpaired) electrons. The summed E-state index contributed by atoms with van der Waals surface area (Å²) in [7, 11) is 0. The van der Waals surface area contributed by atoms with E-state index in [4.69, 9.17) is 0 Å². The van der Waals surface area contributed by atoms with Crippen LogP contribution in [0.5, 0.6) is 0 Å². The number of nitrogens with one attached hydrogen (secondary N) is 2. The van der Waals surface area contributed by atoms with Crippen molar-refractivity contribution in [3.05, 3.63) is 36.3 Å². The second kappa shape index (κ2) is 5.34. The van der Waals surface area contributed by atoms with Crippen molar-refractivity contribution in [2.24, 2.45) is 0 Å². The summed E-state index contributed by atoms with van der Waals surface area (Å²) >= 11 is 1.54. The monoisotopic (exact) mass is 310 g/mol. The van der Waals surface area contributed by atoms with E-state index in [0.29, 0.717) is 5.65 Å². The van der Waals surface area contributed by atoms with Crippen LogP contribution in [0.1, 0.15) is 19.0 Å². The fourth-order valence-corrected chi connectivity index (χ4v) is 3.33. The number of aromatic amines is 1. The Balaban J connectivity index is 1.69. The maximum atomic E-state index is 4.54. The van der Waals surface area contributed by atoms with Crippen molar-refractivity contribution >= 4 is 44.3 Å². The van der Waals surface area contributed by atoms with Crippen molar-refractivity contribution in [3.8, 4) is 0 Å². The van der Waals surface area contributed by atoms with Crippen LogP contribution < -0.4 is 5.32 Å². The smallest absolute Gasteiger partial charge is 0.201 e. The Labute approximate surface area is 130 Å². The zero-order valence-corrected chi connectivity index (χ0v) is 12.8. The van der Waals surface area contributed by atoms with Crippen LogP contribution in [0, 0.1) is 0 Å². The highest BCUT2D eigenvalue weighted by molar-refractivity contribution is 7.13. The maximum absolute atomic E-state index is 4.54. The molecule has 0 aliphatic rings. The standard InChI is InChI=1S/C15H14N6S/c1-2-3-11-10-5-4-9(8-12(10)22-21-11)18-15-13-14(19-20-15)17-7-6-16-13/h4-8H,2-3H2,1H3,(H2,17,18,19,20). The maximum Gasteiger partial charge on any atom is 0.201 e. The van der Waals surface area contributed by atoms with Crippen molar-refractivity contribution in [1.82, 2.24) is 24.5 Å². The van der Waals surface area contributed by atoms with E-state index in [0.717, 1.165) is 29.9 Å².